The van der Waals surface area contributed by atoms with Crippen molar-refractivity contribution in [3.8, 4) is 0 Å². The number of carboxylic acid groups (broad SMARTS) is 1. The molecule has 0 amide bonds. The Morgan fingerprint density at radius 1 is 1.56 bits per heavy atom. The quantitative estimate of drug-likeness (QED) is 0.799. The Balaban J connectivity index is 3.24. The van der Waals surface area contributed by atoms with E-state index in [1.807, 2.05) is 0 Å². The molecule has 0 bridgehead atoms. The maximum Gasteiger partial charge on any atom is 0.338 e. The predicted molar refractivity (Wildman–Crippen MR) is 57.2 cm³/mol. The fourth-order valence-corrected chi connectivity index (χ4v) is 1.66. The van der Waals surface area contributed by atoms with Crippen LogP contribution in [0, 0.1) is 12.7 Å². The number of aryl methyl sites for hydroxylation is 1. The van der Waals surface area contributed by atoms with Gasteiger partial charge in [0.25, 0.3) is 0 Å². The summed E-state index contributed by atoms with van der Waals surface area (Å²) in [5.41, 5.74) is 1.01. The Morgan fingerprint density at radius 2 is 2.19 bits per heavy atom. The van der Waals surface area contributed by atoms with Gasteiger partial charge in [0.05, 0.1) is 5.56 Å². The zero-order valence-corrected chi connectivity index (χ0v) is 9.16. The van der Waals surface area contributed by atoms with E-state index in [0.29, 0.717) is 17.5 Å². The molecule has 0 saturated carbocycles. The Labute approximate surface area is 92.9 Å². The molecule has 1 rings (SSSR count). The van der Waals surface area contributed by atoms with Crippen LogP contribution in [-0.2, 0) is 4.79 Å². The summed E-state index contributed by atoms with van der Waals surface area (Å²) in [5.74, 6) is -2.14. The van der Waals surface area contributed by atoms with Gasteiger partial charge >= 0.3 is 5.97 Å². The first-order chi connectivity index (χ1) is 7.47. The van der Waals surface area contributed by atoms with Gasteiger partial charge in [0.15, 0.2) is 0 Å². The molecule has 16 heavy (non-hydrogen) atoms. The average molecular weight is 224 g/mol. The number of hydrogen-bond acceptors (Lipinski definition) is 2. The van der Waals surface area contributed by atoms with Gasteiger partial charge in [-0.05, 0) is 36.1 Å². The van der Waals surface area contributed by atoms with E-state index in [0.717, 1.165) is 6.29 Å². The molecular formula is C12H13FO3. The van der Waals surface area contributed by atoms with Crippen LogP contribution in [0.15, 0.2) is 12.1 Å². The van der Waals surface area contributed by atoms with Crippen molar-refractivity contribution >= 4 is 12.3 Å². The largest absolute Gasteiger partial charge is 0.478 e. The molecule has 0 saturated heterocycles. The third-order valence-electron chi connectivity index (χ3n) is 2.57. The molecule has 0 heterocycles. The summed E-state index contributed by atoms with van der Waals surface area (Å²) in [4.78, 5) is 21.2. The highest BCUT2D eigenvalue weighted by Crippen LogP contribution is 2.24. The van der Waals surface area contributed by atoms with Crippen LogP contribution in [0.5, 0.6) is 0 Å². The van der Waals surface area contributed by atoms with Crippen molar-refractivity contribution in [2.75, 3.05) is 0 Å². The first-order valence-corrected chi connectivity index (χ1v) is 4.94. The third-order valence-corrected chi connectivity index (χ3v) is 2.57. The summed E-state index contributed by atoms with van der Waals surface area (Å²) < 4.78 is 13.3. The van der Waals surface area contributed by atoms with Crippen LogP contribution >= 0.6 is 0 Å². The van der Waals surface area contributed by atoms with Gasteiger partial charge in [0, 0.05) is 6.42 Å². The van der Waals surface area contributed by atoms with Crippen molar-refractivity contribution in [2.45, 2.75) is 26.2 Å². The molecule has 1 atom stereocenters. The van der Waals surface area contributed by atoms with Gasteiger partial charge in [-0.15, -0.1) is 0 Å². The van der Waals surface area contributed by atoms with Gasteiger partial charge in [0.1, 0.15) is 12.1 Å². The second-order valence-corrected chi connectivity index (χ2v) is 3.80. The number of carboxylic acids is 1. The number of halogens is 1. The lowest BCUT2D eigenvalue weighted by Crippen LogP contribution is -2.06. The van der Waals surface area contributed by atoms with Gasteiger partial charge in [-0.3, -0.25) is 0 Å². The highest BCUT2D eigenvalue weighted by atomic mass is 19.1. The fourth-order valence-electron chi connectivity index (χ4n) is 1.66. The maximum atomic E-state index is 13.3. The minimum absolute atomic E-state index is 0.101. The van der Waals surface area contributed by atoms with Gasteiger partial charge < -0.3 is 9.90 Å². The molecule has 1 aromatic rings. The van der Waals surface area contributed by atoms with Crippen molar-refractivity contribution in [1.82, 2.24) is 0 Å². The molecule has 1 unspecified atom stereocenters. The molecular weight excluding hydrogens is 211 g/mol. The van der Waals surface area contributed by atoms with Crippen molar-refractivity contribution in [3.63, 3.8) is 0 Å². The highest BCUT2D eigenvalue weighted by Gasteiger charge is 2.16. The predicted octanol–water partition coefficient (Wildman–Crippen LogP) is 2.52. The van der Waals surface area contributed by atoms with Gasteiger partial charge in [-0.1, -0.05) is 6.92 Å². The number of rotatable bonds is 4. The van der Waals surface area contributed by atoms with Crippen LogP contribution in [0.25, 0.3) is 0 Å². The average Bonchev–Trinajstić information content (AvgIpc) is 2.17. The van der Waals surface area contributed by atoms with E-state index in [1.54, 1.807) is 13.8 Å². The van der Waals surface area contributed by atoms with Crippen LogP contribution < -0.4 is 0 Å². The molecule has 4 heteroatoms. The summed E-state index contributed by atoms with van der Waals surface area (Å²) in [6.45, 7) is 3.51. The molecule has 1 aromatic carbocycles. The Bertz CT molecular complexity index is 427. The number of hydrogen-bond donors (Lipinski definition) is 1. The van der Waals surface area contributed by atoms with Gasteiger partial charge in [-0.2, -0.15) is 0 Å². The van der Waals surface area contributed by atoms with E-state index in [1.165, 1.54) is 12.1 Å². The van der Waals surface area contributed by atoms with Crippen LogP contribution in [0.2, 0.25) is 0 Å². The topological polar surface area (TPSA) is 54.4 Å². The Morgan fingerprint density at radius 3 is 2.69 bits per heavy atom. The van der Waals surface area contributed by atoms with E-state index in [2.05, 4.69) is 0 Å². The first kappa shape index (κ1) is 12.4. The smallest absolute Gasteiger partial charge is 0.338 e. The molecule has 0 aliphatic carbocycles. The van der Waals surface area contributed by atoms with E-state index in [9.17, 15) is 14.0 Å². The Hall–Kier alpha value is -1.71. The number of benzene rings is 1. The minimum Gasteiger partial charge on any atom is -0.478 e. The van der Waals surface area contributed by atoms with Crippen LogP contribution in [-0.4, -0.2) is 17.4 Å². The van der Waals surface area contributed by atoms with E-state index in [-0.39, 0.29) is 11.5 Å². The lowest BCUT2D eigenvalue weighted by molar-refractivity contribution is -0.108. The zero-order valence-electron chi connectivity index (χ0n) is 9.16. The minimum atomic E-state index is -1.29. The summed E-state index contributed by atoms with van der Waals surface area (Å²) in [7, 11) is 0. The third kappa shape index (κ3) is 2.45. The molecule has 0 aliphatic rings. The lowest BCUT2D eigenvalue weighted by Gasteiger charge is -2.13. The fraction of sp³-hybridized carbons (Fsp3) is 0.333. The Kier molecular flexibility index (Phi) is 3.77. The van der Waals surface area contributed by atoms with Crippen molar-refractivity contribution < 1.29 is 19.1 Å². The molecule has 0 aromatic heterocycles. The maximum absolute atomic E-state index is 13.3. The van der Waals surface area contributed by atoms with Crippen molar-refractivity contribution in [3.05, 3.63) is 34.6 Å². The molecule has 86 valence electrons. The number of carbonyl (C=O) groups excluding carboxylic acids is 1. The normalized spacial score (nSPS) is 12.2. The highest BCUT2D eigenvalue weighted by molar-refractivity contribution is 5.88. The summed E-state index contributed by atoms with van der Waals surface area (Å²) in [6, 6.07) is 2.50. The molecule has 1 N–H and O–H groups in total. The summed E-state index contributed by atoms with van der Waals surface area (Å²) >= 11 is 0. The van der Waals surface area contributed by atoms with E-state index in [4.69, 9.17) is 5.11 Å². The number of aldehydes is 1. The van der Waals surface area contributed by atoms with Crippen LogP contribution in [0.3, 0.4) is 0 Å². The van der Waals surface area contributed by atoms with Gasteiger partial charge in [-0.25, -0.2) is 9.18 Å². The summed E-state index contributed by atoms with van der Waals surface area (Å²) in [5, 5.41) is 8.78. The van der Waals surface area contributed by atoms with E-state index < -0.39 is 11.8 Å². The van der Waals surface area contributed by atoms with Gasteiger partial charge in [0.2, 0.25) is 0 Å². The lowest BCUT2D eigenvalue weighted by atomic mass is 9.92. The van der Waals surface area contributed by atoms with Crippen molar-refractivity contribution in [2.24, 2.45) is 0 Å². The molecule has 0 spiro atoms. The van der Waals surface area contributed by atoms with Crippen LogP contribution in [0.4, 0.5) is 4.39 Å². The molecule has 3 nitrogen and oxygen atoms in total. The van der Waals surface area contributed by atoms with E-state index >= 15 is 0 Å². The molecule has 0 aliphatic heterocycles. The molecule has 0 radical (unpaired) electrons. The first-order valence-electron chi connectivity index (χ1n) is 4.94. The second kappa shape index (κ2) is 4.88. The standard InChI is InChI=1S/C12H13FO3/c1-7(3-4-14)9-6-10(12(15)16)11(13)5-8(9)2/h4-7H,3H2,1-2H3,(H,15,16). The SMILES string of the molecule is Cc1cc(F)c(C(=O)O)cc1C(C)CC=O. The monoisotopic (exact) mass is 224 g/mol. The second-order valence-electron chi connectivity index (χ2n) is 3.80. The zero-order chi connectivity index (χ0) is 12.3. The number of aromatic carboxylic acids is 1. The van der Waals surface area contributed by atoms with Crippen LogP contribution in [0.1, 0.15) is 40.7 Å². The number of carbonyl (C=O) groups is 2. The summed E-state index contributed by atoms with van der Waals surface area (Å²) in [6.07, 6.45) is 1.07. The van der Waals surface area contributed by atoms with Crippen molar-refractivity contribution in [1.29, 1.82) is 0 Å². The molecule has 0 fully saturated rings.